The SMILES string of the molecule is COc1cc(OC)c(C(=O)Nc2nc(C(=O)NCC3CCCCN3C)cs2)cc1OC.Cl.Cl. The first-order valence-electron chi connectivity index (χ1n) is 10.0. The molecule has 1 unspecified atom stereocenters. The van der Waals surface area contributed by atoms with Gasteiger partial charge in [0, 0.05) is 30.1 Å². The highest BCUT2D eigenvalue weighted by Crippen LogP contribution is 2.35. The second-order valence-electron chi connectivity index (χ2n) is 7.24. The first-order valence-corrected chi connectivity index (χ1v) is 10.9. The molecule has 1 aromatic heterocycles. The number of thiazole rings is 1. The minimum atomic E-state index is -0.428. The van der Waals surface area contributed by atoms with E-state index in [9.17, 15) is 9.59 Å². The summed E-state index contributed by atoms with van der Waals surface area (Å²) in [6.07, 6.45) is 3.45. The number of hydrogen-bond acceptors (Lipinski definition) is 8. The Labute approximate surface area is 210 Å². The van der Waals surface area contributed by atoms with Crippen molar-refractivity contribution in [1.29, 1.82) is 0 Å². The van der Waals surface area contributed by atoms with Gasteiger partial charge in [0.15, 0.2) is 16.6 Å². The molecular formula is C21H30Cl2N4O5S. The standard InChI is InChI=1S/C21H28N4O5S.2ClH/c1-25-8-6-5-7-13(25)11-22-20(27)15-12-31-21(23-15)24-19(26)14-9-17(29-3)18(30-4)10-16(14)28-2;;/h9-10,12-13H,5-8,11H2,1-4H3,(H,22,27)(H,23,24,26);2*1H. The number of methoxy groups -OCH3 is 3. The van der Waals surface area contributed by atoms with Gasteiger partial charge in [0.25, 0.3) is 11.8 Å². The van der Waals surface area contributed by atoms with Crippen LogP contribution in [0.4, 0.5) is 5.13 Å². The first-order chi connectivity index (χ1) is 15.0. The third-order valence-corrected chi connectivity index (χ3v) is 6.09. The topological polar surface area (TPSA) is 102 Å². The van der Waals surface area contributed by atoms with Crippen LogP contribution < -0.4 is 24.8 Å². The van der Waals surface area contributed by atoms with Crippen molar-refractivity contribution in [2.45, 2.75) is 25.3 Å². The molecule has 2 N–H and O–H groups in total. The van der Waals surface area contributed by atoms with Crippen LogP contribution in [0.5, 0.6) is 17.2 Å². The lowest BCUT2D eigenvalue weighted by Gasteiger charge is -2.32. The van der Waals surface area contributed by atoms with Gasteiger partial charge >= 0.3 is 0 Å². The molecule has 2 aromatic rings. The second-order valence-corrected chi connectivity index (χ2v) is 8.10. The maximum absolute atomic E-state index is 12.8. The molecule has 0 radical (unpaired) electrons. The Hall–Kier alpha value is -2.27. The van der Waals surface area contributed by atoms with Crippen LogP contribution in [0.1, 0.15) is 40.1 Å². The average Bonchev–Trinajstić information content (AvgIpc) is 3.25. The van der Waals surface area contributed by atoms with Gasteiger partial charge in [-0.3, -0.25) is 14.9 Å². The van der Waals surface area contributed by atoms with Crippen molar-refractivity contribution in [3.05, 3.63) is 28.8 Å². The van der Waals surface area contributed by atoms with E-state index in [2.05, 4.69) is 27.6 Å². The zero-order chi connectivity index (χ0) is 22.4. The number of piperidine rings is 1. The molecule has 12 heteroatoms. The number of nitrogens with zero attached hydrogens (tertiary/aromatic N) is 2. The molecule has 9 nitrogen and oxygen atoms in total. The molecule has 1 atom stereocenters. The summed E-state index contributed by atoms with van der Waals surface area (Å²) in [4.78, 5) is 31.8. The molecule has 1 fully saturated rings. The van der Waals surface area contributed by atoms with Crippen molar-refractivity contribution in [1.82, 2.24) is 15.2 Å². The molecule has 0 bridgehead atoms. The summed E-state index contributed by atoms with van der Waals surface area (Å²) in [5.41, 5.74) is 0.541. The number of benzene rings is 1. The van der Waals surface area contributed by atoms with Gasteiger partial charge in [-0.1, -0.05) is 6.42 Å². The van der Waals surface area contributed by atoms with Gasteiger partial charge in [0.1, 0.15) is 11.4 Å². The predicted molar refractivity (Wildman–Crippen MR) is 133 cm³/mol. The summed E-state index contributed by atoms with van der Waals surface area (Å²) < 4.78 is 15.8. The average molecular weight is 521 g/mol. The van der Waals surface area contributed by atoms with Crippen molar-refractivity contribution in [3.8, 4) is 17.2 Å². The lowest BCUT2D eigenvalue weighted by atomic mass is 10.0. The molecule has 3 rings (SSSR count). The van der Waals surface area contributed by atoms with Crippen LogP contribution in [-0.4, -0.2) is 69.2 Å². The third-order valence-electron chi connectivity index (χ3n) is 5.33. The fourth-order valence-electron chi connectivity index (χ4n) is 3.51. The summed E-state index contributed by atoms with van der Waals surface area (Å²) in [5.74, 6) is 0.511. The number of likely N-dealkylation sites (N-methyl/N-ethyl adjacent to an activating group) is 1. The first kappa shape index (κ1) is 28.8. The molecule has 33 heavy (non-hydrogen) atoms. The Balaban J connectivity index is 0.00000272. The second kappa shape index (κ2) is 13.4. The van der Waals surface area contributed by atoms with Crippen LogP contribution in [0.25, 0.3) is 0 Å². The maximum Gasteiger partial charge on any atom is 0.270 e. The van der Waals surface area contributed by atoms with Crippen molar-refractivity contribution >= 4 is 53.1 Å². The lowest BCUT2D eigenvalue weighted by Crippen LogP contribution is -2.44. The van der Waals surface area contributed by atoms with Crippen LogP contribution >= 0.6 is 36.2 Å². The van der Waals surface area contributed by atoms with Crippen molar-refractivity contribution in [2.75, 3.05) is 46.8 Å². The van der Waals surface area contributed by atoms with Gasteiger partial charge in [0.05, 0.1) is 26.9 Å². The summed E-state index contributed by atoms with van der Waals surface area (Å²) in [7, 11) is 6.54. The molecule has 0 saturated carbocycles. The van der Waals surface area contributed by atoms with Crippen LogP contribution in [-0.2, 0) is 0 Å². The molecule has 184 valence electrons. The quantitative estimate of drug-likeness (QED) is 0.549. The van der Waals surface area contributed by atoms with Gasteiger partial charge in [-0.25, -0.2) is 4.98 Å². The zero-order valence-corrected chi connectivity index (χ0v) is 21.5. The van der Waals surface area contributed by atoms with E-state index in [-0.39, 0.29) is 42.0 Å². The number of ether oxygens (including phenoxy) is 3. The number of carbonyl (C=O) groups is 2. The normalized spacial score (nSPS) is 15.5. The molecule has 1 aliphatic heterocycles. The van der Waals surface area contributed by atoms with E-state index in [0.29, 0.717) is 35.0 Å². The number of anilines is 1. The summed E-state index contributed by atoms with van der Waals surface area (Å²) >= 11 is 1.18. The zero-order valence-electron chi connectivity index (χ0n) is 19.0. The molecular weight excluding hydrogens is 491 g/mol. The lowest BCUT2D eigenvalue weighted by molar-refractivity contribution is 0.0923. The molecule has 1 saturated heterocycles. The number of hydrogen-bond donors (Lipinski definition) is 2. The monoisotopic (exact) mass is 520 g/mol. The van der Waals surface area contributed by atoms with Crippen molar-refractivity contribution in [2.24, 2.45) is 0 Å². The molecule has 2 heterocycles. The minimum Gasteiger partial charge on any atom is -0.496 e. The van der Waals surface area contributed by atoms with Crippen molar-refractivity contribution in [3.63, 3.8) is 0 Å². The van der Waals surface area contributed by atoms with Crippen LogP contribution in [0, 0.1) is 0 Å². The highest BCUT2D eigenvalue weighted by molar-refractivity contribution is 7.14. The largest absolute Gasteiger partial charge is 0.496 e. The molecule has 1 aromatic carbocycles. The van der Waals surface area contributed by atoms with E-state index in [4.69, 9.17) is 14.2 Å². The number of carbonyl (C=O) groups excluding carboxylic acids is 2. The van der Waals surface area contributed by atoms with E-state index < -0.39 is 5.91 Å². The molecule has 2 amide bonds. The van der Waals surface area contributed by atoms with Crippen LogP contribution in [0.3, 0.4) is 0 Å². The number of aromatic nitrogens is 1. The van der Waals surface area contributed by atoms with E-state index in [0.717, 1.165) is 13.0 Å². The maximum atomic E-state index is 12.8. The summed E-state index contributed by atoms with van der Waals surface area (Å²) in [6, 6.07) is 3.46. The summed E-state index contributed by atoms with van der Waals surface area (Å²) in [5, 5.41) is 7.60. The van der Waals surface area contributed by atoms with Gasteiger partial charge in [-0.2, -0.15) is 0 Å². The van der Waals surface area contributed by atoms with E-state index in [1.54, 1.807) is 11.4 Å². The van der Waals surface area contributed by atoms with Gasteiger partial charge in [0.2, 0.25) is 0 Å². The van der Waals surface area contributed by atoms with E-state index >= 15 is 0 Å². The third kappa shape index (κ3) is 7.10. The van der Waals surface area contributed by atoms with Crippen LogP contribution in [0.2, 0.25) is 0 Å². The Kier molecular flexibility index (Phi) is 11.7. The van der Waals surface area contributed by atoms with E-state index in [1.165, 1.54) is 51.6 Å². The Bertz CT molecular complexity index is 943. The minimum absolute atomic E-state index is 0. The molecule has 0 aliphatic carbocycles. The van der Waals surface area contributed by atoms with Gasteiger partial charge < -0.3 is 24.4 Å². The molecule has 0 spiro atoms. The van der Waals surface area contributed by atoms with Crippen molar-refractivity contribution < 1.29 is 23.8 Å². The number of halogens is 2. The number of likely N-dealkylation sites (tertiary alicyclic amines) is 1. The fourth-order valence-corrected chi connectivity index (χ4v) is 4.20. The van der Waals surface area contributed by atoms with Gasteiger partial charge in [-0.05, 0) is 26.4 Å². The number of amides is 2. The highest BCUT2D eigenvalue weighted by atomic mass is 35.5. The van der Waals surface area contributed by atoms with E-state index in [1.807, 2.05) is 0 Å². The number of rotatable bonds is 8. The Morgan fingerprint density at radius 1 is 1.06 bits per heavy atom. The number of nitrogens with one attached hydrogen (secondary N) is 2. The van der Waals surface area contributed by atoms with Crippen LogP contribution in [0.15, 0.2) is 17.5 Å². The smallest absolute Gasteiger partial charge is 0.270 e. The fraction of sp³-hybridized carbons (Fsp3) is 0.476. The Morgan fingerprint density at radius 2 is 1.73 bits per heavy atom. The van der Waals surface area contributed by atoms with Gasteiger partial charge in [-0.15, -0.1) is 36.2 Å². The predicted octanol–water partition coefficient (Wildman–Crippen LogP) is 3.48. The summed E-state index contributed by atoms with van der Waals surface area (Å²) in [6.45, 7) is 1.63. The molecule has 1 aliphatic rings. The Morgan fingerprint density at radius 3 is 2.36 bits per heavy atom. The highest BCUT2D eigenvalue weighted by Gasteiger charge is 2.22.